The Hall–Kier alpha value is -3.47. The summed E-state index contributed by atoms with van der Waals surface area (Å²) < 4.78 is 0. The largest absolute Gasteiger partial charge is 0.326 e. The van der Waals surface area contributed by atoms with Crippen molar-refractivity contribution < 1.29 is 4.79 Å². The Bertz CT molecular complexity index is 1070. The molecule has 5 heteroatoms. The number of carbonyl (C=O) groups excluding carboxylic acids is 1. The Morgan fingerprint density at radius 2 is 1.61 bits per heavy atom. The minimum Gasteiger partial charge on any atom is -0.326 e. The number of hydrogen-bond donors (Lipinski definition) is 2. The molecule has 0 aliphatic rings. The summed E-state index contributed by atoms with van der Waals surface area (Å²) in [4.78, 5) is 21.6. The fourth-order valence-electron chi connectivity index (χ4n) is 3.34. The third-order valence-corrected chi connectivity index (χ3v) is 5.77. The van der Waals surface area contributed by atoms with E-state index in [-0.39, 0.29) is 11.3 Å². The Morgan fingerprint density at radius 1 is 0.970 bits per heavy atom. The van der Waals surface area contributed by atoms with Gasteiger partial charge < -0.3 is 5.32 Å². The first-order valence-electron chi connectivity index (χ1n) is 11.5. The van der Waals surface area contributed by atoms with E-state index in [9.17, 15) is 4.79 Å². The number of anilines is 1. The van der Waals surface area contributed by atoms with Gasteiger partial charge >= 0.3 is 0 Å². The van der Waals surface area contributed by atoms with Gasteiger partial charge in [0, 0.05) is 23.6 Å². The van der Waals surface area contributed by atoms with E-state index in [0.29, 0.717) is 24.0 Å². The average Bonchev–Trinajstić information content (AvgIpc) is 2.82. The number of aliphatic imine (C=N–C) groups is 1. The molecule has 0 saturated heterocycles. The Kier molecular flexibility index (Phi) is 7.99. The zero-order chi connectivity index (χ0) is 23.8. The first kappa shape index (κ1) is 24.2. The average molecular weight is 443 g/mol. The fraction of sp³-hybridized carbons (Fsp3) is 0.321. The molecule has 0 aliphatic heterocycles. The van der Waals surface area contributed by atoms with Crippen molar-refractivity contribution in [1.82, 2.24) is 10.3 Å². The van der Waals surface area contributed by atoms with Crippen molar-refractivity contribution in [2.24, 2.45) is 4.99 Å². The van der Waals surface area contributed by atoms with Crippen LogP contribution in [0.5, 0.6) is 0 Å². The molecule has 33 heavy (non-hydrogen) atoms. The second kappa shape index (κ2) is 10.9. The molecule has 2 N–H and O–H groups in total. The van der Waals surface area contributed by atoms with Crippen molar-refractivity contribution in [3.8, 4) is 0 Å². The number of nitrogens with zero attached hydrogens (tertiary/aromatic N) is 2. The molecule has 0 saturated carbocycles. The number of aromatic nitrogens is 1. The van der Waals surface area contributed by atoms with Gasteiger partial charge in [-0.15, -0.1) is 0 Å². The summed E-state index contributed by atoms with van der Waals surface area (Å²) in [6.07, 6.45) is 4.57. The second-order valence-corrected chi connectivity index (χ2v) is 9.36. The van der Waals surface area contributed by atoms with E-state index < -0.39 is 0 Å². The summed E-state index contributed by atoms with van der Waals surface area (Å²) in [7, 11) is 0. The standard InChI is InChI=1S/C28H34N4O/c1-6-20(2)22-9-13-25(14-10-22)31-27(30-19-21-15-17-29-18-16-21)32-26(33)23-7-11-24(12-8-23)28(3,4)5/h7-18,20H,6,19H2,1-5H3,(H2,30,31,32,33)/t20-/m0/s1. The van der Waals surface area contributed by atoms with E-state index >= 15 is 0 Å². The van der Waals surface area contributed by atoms with E-state index in [1.165, 1.54) is 11.1 Å². The first-order valence-corrected chi connectivity index (χ1v) is 11.5. The van der Waals surface area contributed by atoms with Gasteiger partial charge in [0.15, 0.2) is 0 Å². The molecular weight excluding hydrogens is 408 g/mol. The van der Waals surface area contributed by atoms with Crippen molar-refractivity contribution in [3.63, 3.8) is 0 Å². The van der Waals surface area contributed by atoms with Gasteiger partial charge in [0.25, 0.3) is 5.91 Å². The van der Waals surface area contributed by atoms with Gasteiger partial charge in [0.2, 0.25) is 5.96 Å². The van der Waals surface area contributed by atoms with Gasteiger partial charge in [-0.25, -0.2) is 4.99 Å². The number of carbonyl (C=O) groups is 1. The summed E-state index contributed by atoms with van der Waals surface area (Å²) >= 11 is 0. The Morgan fingerprint density at radius 3 is 2.18 bits per heavy atom. The number of rotatable bonds is 6. The van der Waals surface area contributed by atoms with Crippen LogP contribution in [-0.4, -0.2) is 16.9 Å². The number of amides is 1. The third kappa shape index (κ3) is 7.01. The van der Waals surface area contributed by atoms with E-state index in [4.69, 9.17) is 0 Å². The van der Waals surface area contributed by atoms with Crippen LogP contribution in [0, 0.1) is 0 Å². The lowest BCUT2D eigenvalue weighted by Crippen LogP contribution is -2.36. The highest BCUT2D eigenvalue weighted by atomic mass is 16.1. The number of guanidine groups is 1. The maximum atomic E-state index is 13.0. The maximum Gasteiger partial charge on any atom is 0.257 e. The SMILES string of the molecule is CC[C@H](C)c1ccc(NC(=NCc2ccncc2)NC(=O)c2ccc(C(C)(C)C)cc2)cc1. The van der Waals surface area contributed by atoms with Crippen LogP contribution in [0.4, 0.5) is 5.69 Å². The molecular formula is C28H34N4O. The van der Waals surface area contributed by atoms with Gasteiger partial charge in [0.1, 0.15) is 0 Å². The van der Waals surface area contributed by atoms with Crippen LogP contribution in [0.2, 0.25) is 0 Å². The molecule has 2 aromatic carbocycles. The van der Waals surface area contributed by atoms with Crippen molar-refractivity contribution in [2.75, 3.05) is 5.32 Å². The van der Waals surface area contributed by atoms with Crippen molar-refractivity contribution >= 4 is 17.6 Å². The van der Waals surface area contributed by atoms with Crippen LogP contribution in [0.3, 0.4) is 0 Å². The van der Waals surface area contributed by atoms with Crippen molar-refractivity contribution in [2.45, 2.75) is 58.9 Å². The van der Waals surface area contributed by atoms with Gasteiger partial charge in [-0.3, -0.25) is 15.1 Å². The molecule has 0 fully saturated rings. The maximum absolute atomic E-state index is 13.0. The van der Waals surface area contributed by atoms with Crippen LogP contribution in [-0.2, 0) is 12.0 Å². The Labute approximate surface area is 197 Å². The lowest BCUT2D eigenvalue weighted by molar-refractivity contribution is 0.0977. The molecule has 0 radical (unpaired) electrons. The lowest BCUT2D eigenvalue weighted by Gasteiger charge is -2.19. The quantitative estimate of drug-likeness (QED) is 0.348. The molecule has 1 amide bonds. The first-order chi connectivity index (χ1) is 15.8. The Balaban J connectivity index is 1.78. The monoisotopic (exact) mass is 442 g/mol. The molecule has 1 heterocycles. The second-order valence-electron chi connectivity index (χ2n) is 9.36. The molecule has 3 rings (SSSR count). The summed E-state index contributed by atoms with van der Waals surface area (Å²) in [6.45, 7) is 11.3. The van der Waals surface area contributed by atoms with Crippen LogP contribution in [0.1, 0.15) is 74.0 Å². The molecule has 0 unspecified atom stereocenters. The molecule has 1 atom stereocenters. The van der Waals surface area contributed by atoms with Gasteiger partial charge in [-0.1, -0.05) is 58.9 Å². The zero-order valence-corrected chi connectivity index (χ0v) is 20.2. The highest BCUT2D eigenvalue weighted by Crippen LogP contribution is 2.22. The smallest absolute Gasteiger partial charge is 0.257 e. The molecule has 3 aromatic rings. The molecule has 1 aromatic heterocycles. The van der Waals surface area contributed by atoms with E-state index in [1.807, 2.05) is 48.5 Å². The van der Waals surface area contributed by atoms with Crippen molar-refractivity contribution in [1.29, 1.82) is 0 Å². The topological polar surface area (TPSA) is 66.4 Å². The van der Waals surface area contributed by atoms with Gasteiger partial charge in [-0.2, -0.15) is 0 Å². The number of hydrogen-bond acceptors (Lipinski definition) is 3. The lowest BCUT2D eigenvalue weighted by atomic mass is 9.87. The van der Waals surface area contributed by atoms with Gasteiger partial charge in [-0.05, 0) is 70.8 Å². The zero-order valence-electron chi connectivity index (χ0n) is 20.2. The molecule has 5 nitrogen and oxygen atoms in total. The normalized spacial score (nSPS) is 12.8. The predicted molar refractivity (Wildman–Crippen MR) is 137 cm³/mol. The minimum absolute atomic E-state index is 0.0369. The van der Waals surface area contributed by atoms with Gasteiger partial charge in [0.05, 0.1) is 6.54 Å². The minimum atomic E-state index is -0.201. The predicted octanol–water partition coefficient (Wildman–Crippen LogP) is 6.29. The van der Waals surface area contributed by atoms with Crippen LogP contribution in [0.15, 0.2) is 78.0 Å². The third-order valence-electron chi connectivity index (χ3n) is 5.77. The van der Waals surface area contributed by atoms with Crippen LogP contribution >= 0.6 is 0 Å². The van der Waals surface area contributed by atoms with Crippen molar-refractivity contribution in [3.05, 3.63) is 95.3 Å². The number of nitrogens with one attached hydrogen (secondary N) is 2. The molecule has 172 valence electrons. The molecule has 0 aliphatic carbocycles. The number of benzene rings is 2. The van der Waals surface area contributed by atoms with E-state index in [1.54, 1.807) is 12.4 Å². The number of pyridine rings is 1. The summed E-state index contributed by atoms with van der Waals surface area (Å²) in [5.41, 5.74) is 4.99. The van der Waals surface area contributed by atoms with Crippen LogP contribution in [0.25, 0.3) is 0 Å². The highest BCUT2D eigenvalue weighted by molar-refractivity contribution is 6.09. The van der Waals surface area contributed by atoms with E-state index in [0.717, 1.165) is 17.7 Å². The molecule has 0 bridgehead atoms. The highest BCUT2D eigenvalue weighted by Gasteiger charge is 2.15. The summed E-state index contributed by atoms with van der Waals surface area (Å²) in [5.74, 6) is 0.718. The van der Waals surface area contributed by atoms with Crippen LogP contribution < -0.4 is 10.6 Å². The van der Waals surface area contributed by atoms with E-state index in [2.05, 4.69) is 67.4 Å². The summed E-state index contributed by atoms with van der Waals surface area (Å²) in [5, 5.41) is 6.22. The molecule has 0 spiro atoms. The summed E-state index contributed by atoms with van der Waals surface area (Å²) in [6, 6.07) is 19.8. The fourth-order valence-corrected chi connectivity index (χ4v) is 3.34.